The molecular formula is C3H8KNO2S. The second-order valence-electron chi connectivity index (χ2n) is 1.13. The molecule has 8 heavy (non-hydrogen) atoms. The zero-order valence-electron chi connectivity index (χ0n) is 3.66. The van der Waals surface area contributed by atoms with Crippen molar-refractivity contribution in [1.82, 2.24) is 0 Å². The number of rotatable bonds is 2. The van der Waals surface area contributed by atoms with Crippen LogP contribution in [-0.2, 0) is 4.79 Å². The fourth-order valence-electron chi connectivity index (χ4n) is 0.0781. The SMILES string of the molecule is N[C@@H](CS)C(=O)O.[KH]. The Morgan fingerprint density at radius 1 is 1.88 bits per heavy atom. The Kier molecular flexibility index (Phi) is 9.91. The van der Waals surface area contributed by atoms with Gasteiger partial charge in [-0.15, -0.1) is 0 Å². The van der Waals surface area contributed by atoms with Gasteiger partial charge < -0.3 is 10.8 Å². The van der Waals surface area contributed by atoms with Gasteiger partial charge in [-0.25, -0.2) is 0 Å². The van der Waals surface area contributed by atoms with Crippen LogP contribution in [-0.4, -0.2) is 74.3 Å². The summed E-state index contributed by atoms with van der Waals surface area (Å²) in [7, 11) is 0. The van der Waals surface area contributed by atoms with Gasteiger partial charge in [-0.3, -0.25) is 4.79 Å². The zero-order valence-corrected chi connectivity index (χ0v) is 4.56. The molecule has 0 saturated heterocycles. The summed E-state index contributed by atoms with van der Waals surface area (Å²) < 4.78 is 0. The van der Waals surface area contributed by atoms with E-state index >= 15 is 0 Å². The van der Waals surface area contributed by atoms with Crippen molar-refractivity contribution in [3.05, 3.63) is 0 Å². The molecule has 44 valence electrons. The summed E-state index contributed by atoms with van der Waals surface area (Å²) in [5.74, 6) is -0.815. The van der Waals surface area contributed by atoms with Crippen molar-refractivity contribution in [3.8, 4) is 0 Å². The average molecular weight is 161 g/mol. The van der Waals surface area contributed by atoms with Gasteiger partial charge in [0.05, 0.1) is 0 Å². The first-order chi connectivity index (χ1) is 3.18. The minimum absolute atomic E-state index is 0. The topological polar surface area (TPSA) is 63.3 Å². The van der Waals surface area contributed by atoms with Crippen LogP contribution in [0.4, 0.5) is 0 Å². The molecule has 0 aromatic heterocycles. The molecule has 0 radical (unpaired) electrons. The Morgan fingerprint density at radius 3 is 2.25 bits per heavy atom. The predicted octanol–water partition coefficient (Wildman–Crippen LogP) is -1.32. The van der Waals surface area contributed by atoms with Gasteiger partial charge in [0.1, 0.15) is 6.04 Å². The molecule has 0 spiro atoms. The number of hydrogen-bond donors (Lipinski definition) is 3. The molecule has 0 unspecified atom stereocenters. The molecule has 0 amide bonds. The first kappa shape index (κ1) is 12.1. The minimum atomic E-state index is -1.00. The number of carboxylic acid groups (broad SMARTS) is 1. The van der Waals surface area contributed by atoms with E-state index in [0.29, 0.717) is 0 Å². The number of aliphatic carboxylic acids is 1. The summed E-state index contributed by atoms with van der Waals surface area (Å²) in [6.45, 7) is 0. The number of thiol groups is 1. The number of nitrogens with two attached hydrogens (primary N) is 1. The quantitative estimate of drug-likeness (QED) is 0.348. The van der Waals surface area contributed by atoms with Crippen molar-refractivity contribution in [2.45, 2.75) is 6.04 Å². The van der Waals surface area contributed by atoms with E-state index in [4.69, 9.17) is 10.8 Å². The van der Waals surface area contributed by atoms with Gasteiger partial charge in [-0.05, 0) is 0 Å². The normalized spacial score (nSPS) is 11.8. The van der Waals surface area contributed by atoms with Gasteiger partial charge in [-0.2, -0.15) is 12.6 Å². The monoisotopic (exact) mass is 161 g/mol. The fourth-order valence-corrected chi connectivity index (χ4v) is 0.234. The van der Waals surface area contributed by atoms with Crippen LogP contribution in [0.1, 0.15) is 0 Å². The van der Waals surface area contributed by atoms with Crippen molar-refractivity contribution in [1.29, 1.82) is 0 Å². The van der Waals surface area contributed by atoms with Crippen LogP contribution in [0.3, 0.4) is 0 Å². The maximum absolute atomic E-state index is 9.76. The number of hydrogen-bond acceptors (Lipinski definition) is 3. The Hall–Kier alpha value is 1.42. The third-order valence-electron chi connectivity index (χ3n) is 0.514. The molecule has 0 aliphatic heterocycles. The van der Waals surface area contributed by atoms with E-state index in [-0.39, 0.29) is 57.1 Å². The summed E-state index contributed by atoms with van der Waals surface area (Å²) in [5, 5.41) is 8.01. The molecule has 0 bridgehead atoms. The van der Waals surface area contributed by atoms with Gasteiger partial charge in [0.15, 0.2) is 0 Å². The van der Waals surface area contributed by atoms with E-state index in [1.807, 2.05) is 0 Å². The van der Waals surface area contributed by atoms with E-state index in [1.165, 1.54) is 0 Å². The molecule has 0 rings (SSSR count). The van der Waals surface area contributed by atoms with Gasteiger partial charge in [-0.1, -0.05) is 0 Å². The molecule has 0 aliphatic carbocycles. The molecule has 0 heterocycles. The first-order valence-electron chi connectivity index (χ1n) is 1.77. The molecule has 0 aromatic carbocycles. The standard InChI is InChI=1S/C3H7NO2S.K.H/c4-2(1-7)3(5)6;;/h2,7H,1,4H2,(H,5,6);;/t2-;;/m0../s1. The third kappa shape index (κ3) is 5.55. The number of carboxylic acids is 1. The van der Waals surface area contributed by atoms with Gasteiger partial charge in [0, 0.05) is 5.75 Å². The molecule has 0 aliphatic rings. The van der Waals surface area contributed by atoms with E-state index < -0.39 is 12.0 Å². The van der Waals surface area contributed by atoms with Gasteiger partial charge in [0.25, 0.3) is 0 Å². The summed E-state index contributed by atoms with van der Waals surface area (Å²) in [5.41, 5.74) is 4.94. The Morgan fingerprint density at radius 2 is 2.25 bits per heavy atom. The van der Waals surface area contributed by atoms with Crippen LogP contribution in [0, 0.1) is 0 Å². The average Bonchev–Trinajstić information content (AvgIpc) is 1.65. The second-order valence-corrected chi connectivity index (χ2v) is 1.49. The molecule has 3 N–H and O–H groups in total. The van der Waals surface area contributed by atoms with E-state index in [2.05, 4.69) is 12.6 Å². The Bertz CT molecular complexity index is 79.7. The molecular weight excluding hydrogens is 153 g/mol. The van der Waals surface area contributed by atoms with Crippen molar-refractivity contribution in [2.75, 3.05) is 5.75 Å². The summed E-state index contributed by atoms with van der Waals surface area (Å²) in [4.78, 5) is 9.76. The Labute approximate surface area is 95.8 Å². The summed E-state index contributed by atoms with van der Waals surface area (Å²) >= 11 is 3.65. The molecule has 3 nitrogen and oxygen atoms in total. The van der Waals surface area contributed by atoms with Gasteiger partial charge in [0.2, 0.25) is 0 Å². The molecule has 5 heteroatoms. The van der Waals surface area contributed by atoms with Crippen LogP contribution in [0.25, 0.3) is 0 Å². The molecule has 0 fully saturated rings. The molecule has 0 aromatic rings. The van der Waals surface area contributed by atoms with Crippen LogP contribution in [0.5, 0.6) is 0 Å². The summed E-state index contributed by atoms with van der Waals surface area (Å²) in [6, 6.07) is -0.816. The fraction of sp³-hybridized carbons (Fsp3) is 0.667. The third-order valence-corrected chi connectivity index (χ3v) is 0.907. The van der Waals surface area contributed by atoms with Crippen LogP contribution >= 0.6 is 12.6 Å². The molecule has 0 saturated carbocycles. The summed E-state index contributed by atoms with van der Waals surface area (Å²) in [6.07, 6.45) is 0. The predicted molar refractivity (Wildman–Crippen MR) is 36.6 cm³/mol. The van der Waals surface area contributed by atoms with Crippen LogP contribution < -0.4 is 5.73 Å². The zero-order chi connectivity index (χ0) is 5.86. The van der Waals surface area contributed by atoms with Crippen molar-refractivity contribution in [3.63, 3.8) is 0 Å². The first-order valence-corrected chi connectivity index (χ1v) is 2.41. The van der Waals surface area contributed by atoms with Crippen molar-refractivity contribution >= 4 is 70.0 Å². The van der Waals surface area contributed by atoms with Crippen LogP contribution in [0.2, 0.25) is 0 Å². The van der Waals surface area contributed by atoms with Crippen molar-refractivity contribution in [2.24, 2.45) is 5.73 Å². The Balaban J connectivity index is 0. The van der Waals surface area contributed by atoms with E-state index in [9.17, 15) is 4.79 Å². The van der Waals surface area contributed by atoms with Crippen LogP contribution in [0.15, 0.2) is 0 Å². The van der Waals surface area contributed by atoms with E-state index in [1.54, 1.807) is 0 Å². The van der Waals surface area contributed by atoms with E-state index in [0.717, 1.165) is 0 Å². The number of carbonyl (C=O) groups is 1. The van der Waals surface area contributed by atoms with Gasteiger partial charge >= 0.3 is 57.4 Å². The second kappa shape index (κ2) is 6.54. The maximum atomic E-state index is 9.76. The molecule has 1 atom stereocenters. The van der Waals surface area contributed by atoms with Crippen molar-refractivity contribution < 1.29 is 9.90 Å².